The summed E-state index contributed by atoms with van der Waals surface area (Å²) in [5, 5.41) is 7.52. The molecule has 6 heteroatoms. The number of methoxy groups -OCH3 is 1. The molecule has 0 radical (unpaired) electrons. The van der Waals surface area contributed by atoms with E-state index in [0.29, 0.717) is 18.7 Å². The lowest BCUT2D eigenvalue weighted by Crippen LogP contribution is -2.27. The fourth-order valence-corrected chi connectivity index (χ4v) is 4.30. The SMILES string of the molecule is COc1ccc(CNc2nc3ccc(-c4ncccc4C)cc3cc2/C=C(\C)C(=O)NCCC(C)(C)C)cc1. The van der Waals surface area contributed by atoms with Crippen LogP contribution < -0.4 is 15.4 Å². The van der Waals surface area contributed by atoms with Crippen molar-refractivity contribution in [1.29, 1.82) is 0 Å². The lowest BCUT2D eigenvalue weighted by Gasteiger charge is -2.18. The maximum atomic E-state index is 12.9. The van der Waals surface area contributed by atoms with Crippen molar-refractivity contribution in [1.82, 2.24) is 15.3 Å². The average molecular weight is 523 g/mol. The number of hydrogen-bond donors (Lipinski definition) is 2. The molecule has 1 amide bonds. The molecule has 202 valence electrons. The number of pyridine rings is 2. The molecule has 2 N–H and O–H groups in total. The standard InChI is InChI=1S/C33H38N4O2/c1-22-8-7-16-34-30(22)25-11-14-29-26(19-25)20-27(18-23(2)32(38)35-17-15-33(3,4)5)31(37-29)36-21-24-9-12-28(39-6)13-10-24/h7-14,16,18-20H,15,17,21H2,1-6H3,(H,35,38)(H,36,37)/b23-18+. The lowest BCUT2D eigenvalue weighted by molar-refractivity contribution is -0.117. The highest BCUT2D eigenvalue weighted by atomic mass is 16.5. The molecule has 0 fully saturated rings. The van der Waals surface area contributed by atoms with Gasteiger partial charge in [0, 0.05) is 41.4 Å². The fraction of sp³-hybridized carbons (Fsp3) is 0.303. The Bertz CT molecular complexity index is 1480. The van der Waals surface area contributed by atoms with Crippen molar-refractivity contribution < 1.29 is 9.53 Å². The van der Waals surface area contributed by atoms with Crippen molar-refractivity contribution in [3.8, 4) is 17.0 Å². The van der Waals surface area contributed by atoms with E-state index in [1.807, 2.05) is 55.6 Å². The van der Waals surface area contributed by atoms with Crippen LogP contribution in [0.15, 0.2) is 72.4 Å². The zero-order chi connectivity index (χ0) is 28.0. The minimum Gasteiger partial charge on any atom is -0.497 e. The largest absolute Gasteiger partial charge is 0.497 e. The zero-order valence-electron chi connectivity index (χ0n) is 23.8. The van der Waals surface area contributed by atoms with Gasteiger partial charge in [-0.3, -0.25) is 9.78 Å². The molecule has 39 heavy (non-hydrogen) atoms. The van der Waals surface area contributed by atoms with Crippen LogP contribution in [0.2, 0.25) is 0 Å². The van der Waals surface area contributed by atoms with E-state index in [1.165, 1.54) is 0 Å². The molecule has 4 rings (SSSR count). The zero-order valence-corrected chi connectivity index (χ0v) is 23.8. The van der Waals surface area contributed by atoms with Gasteiger partial charge in [-0.05, 0) is 79.3 Å². The van der Waals surface area contributed by atoms with Crippen LogP contribution in [0.1, 0.15) is 50.8 Å². The number of fused-ring (bicyclic) bond motifs is 1. The number of nitrogens with one attached hydrogen (secondary N) is 2. The van der Waals surface area contributed by atoms with Crippen LogP contribution in [0.4, 0.5) is 5.82 Å². The fourth-order valence-electron chi connectivity index (χ4n) is 4.30. The lowest BCUT2D eigenvalue weighted by atomic mass is 9.92. The normalized spacial score (nSPS) is 11.9. The van der Waals surface area contributed by atoms with E-state index in [4.69, 9.17) is 9.72 Å². The Morgan fingerprint density at radius 3 is 2.51 bits per heavy atom. The van der Waals surface area contributed by atoms with Crippen LogP contribution in [0.25, 0.3) is 28.2 Å². The maximum absolute atomic E-state index is 12.9. The van der Waals surface area contributed by atoms with Gasteiger partial charge in [0.05, 0.1) is 18.3 Å². The van der Waals surface area contributed by atoms with Crippen LogP contribution in [0.3, 0.4) is 0 Å². The van der Waals surface area contributed by atoms with Crippen LogP contribution in [-0.4, -0.2) is 29.5 Å². The van der Waals surface area contributed by atoms with Gasteiger partial charge in [0.2, 0.25) is 5.91 Å². The Kier molecular flexibility index (Phi) is 8.65. The van der Waals surface area contributed by atoms with Crippen molar-refractivity contribution >= 4 is 28.7 Å². The summed E-state index contributed by atoms with van der Waals surface area (Å²) in [7, 11) is 1.66. The summed E-state index contributed by atoms with van der Waals surface area (Å²) in [6, 6.07) is 20.2. The molecular weight excluding hydrogens is 484 g/mol. The quantitative estimate of drug-likeness (QED) is 0.228. The number of carbonyl (C=O) groups is 1. The van der Waals surface area contributed by atoms with Gasteiger partial charge < -0.3 is 15.4 Å². The molecule has 6 nitrogen and oxygen atoms in total. The second-order valence-electron chi connectivity index (χ2n) is 11.1. The molecule has 0 saturated carbocycles. The van der Waals surface area contributed by atoms with Gasteiger partial charge in [-0.2, -0.15) is 0 Å². The Morgan fingerprint density at radius 1 is 1.05 bits per heavy atom. The van der Waals surface area contributed by atoms with Crippen LogP contribution in [-0.2, 0) is 11.3 Å². The molecule has 0 aliphatic rings. The smallest absolute Gasteiger partial charge is 0.246 e. The summed E-state index contributed by atoms with van der Waals surface area (Å²) in [6.45, 7) is 11.6. The molecule has 2 aromatic carbocycles. The third-order valence-corrected chi connectivity index (χ3v) is 6.64. The Labute approximate surface area is 231 Å². The molecule has 0 bridgehead atoms. The van der Waals surface area contributed by atoms with E-state index in [0.717, 1.165) is 56.8 Å². The minimum absolute atomic E-state index is 0.0710. The predicted octanol–water partition coefficient (Wildman–Crippen LogP) is 7.18. The van der Waals surface area contributed by atoms with Gasteiger partial charge in [0.25, 0.3) is 0 Å². The number of nitrogens with zero attached hydrogens (tertiary/aromatic N) is 2. The third-order valence-electron chi connectivity index (χ3n) is 6.64. The summed E-state index contributed by atoms with van der Waals surface area (Å²) in [6.07, 6.45) is 4.63. The summed E-state index contributed by atoms with van der Waals surface area (Å²) in [5.74, 6) is 1.47. The molecule has 2 heterocycles. The highest BCUT2D eigenvalue weighted by Crippen LogP contribution is 2.29. The van der Waals surface area contributed by atoms with Crippen LogP contribution in [0, 0.1) is 12.3 Å². The summed E-state index contributed by atoms with van der Waals surface area (Å²) >= 11 is 0. The number of anilines is 1. The molecule has 0 aliphatic heterocycles. The summed E-state index contributed by atoms with van der Waals surface area (Å²) in [5.41, 5.74) is 6.73. The minimum atomic E-state index is -0.0710. The van der Waals surface area contributed by atoms with Gasteiger partial charge in [-0.25, -0.2) is 4.98 Å². The third kappa shape index (κ3) is 7.44. The van der Waals surface area contributed by atoms with E-state index in [-0.39, 0.29) is 11.3 Å². The second-order valence-corrected chi connectivity index (χ2v) is 11.1. The topological polar surface area (TPSA) is 76.1 Å². The first-order valence-corrected chi connectivity index (χ1v) is 13.3. The van der Waals surface area contributed by atoms with E-state index in [9.17, 15) is 4.79 Å². The molecule has 4 aromatic rings. The Balaban J connectivity index is 1.67. The second kappa shape index (κ2) is 12.1. The number of carbonyl (C=O) groups excluding carboxylic acids is 1. The number of amides is 1. The van der Waals surface area contributed by atoms with Crippen molar-refractivity contribution in [2.75, 3.05) is 19.0 Å². The summed E-state index contributed by atoms with van der Waals surface area (Å²) in [4.78, 5) is 22.4. The molecule has 0 saturated heterocycles. The molecule has 0 spiro atoms. The molecule has 0 aliphatic carbocycles. The van der Waals surface area contributed by atoms with E-state index in [1.54, 1.807) is 7.11 Å². The first-order valence-electron chi connectivity index (χ1n) is 13.3. The van der Waals surface area contributed by atoms with Crippen molar-refractivity contribution in [2.24, 2.45) is 5.41 Å². The van der Waals surface area contributed by atoms with Crippen LogP contribution >= 0.6 is 0 Å². The van der Waals surface area contributed by atoms with Gasteiger partial charge >= 0.3 is 0 Å². The average Bonchev–Trinajstić information content (AvgIpc) is 2.91. The van der Waals surface area contributed by atoms with Crippen molar-refractivity contribution in [3.05, 3.63) is 89.1 Å². The number of rotatable bonds is 9. The number of ether oxygens (including phenoxy) is 1. The van der Waals surface area contributed by atoms with E-state index < -0.39 is 0 Å². The maximum Gasteiger partial charge on any atom is 0.246 e. The highest BCUT2D eigenvalue weighted by Gasteiger charge is 2.13. The molecule has 0 atom stereocenters. The van der Waals surface area contributed by atoms with Gasteiger partial charge in [0.1, 0.15) is 11.6 Å². The first-order chi connectivity index (χ1) is 18.6. The van der Waals surface area contributed by atoms with E-state index in [2.05, 4.69) is 67.6 Å². The Morgan fingerprint density at radius 2 is 1.82 bits per heavy atom. The number of hydrogen-bond acceptors (Lipinski definition) is 5. The van der Waals surface area contributed by atoms with Crippen molar-refractivity contribution in [3.63, 3.8) is 0 Å². The molecular formula is C33H38N4O2. The summed E-state index contributed by atoms with van der Waals surface area (Å²) < 4.78 is 5.28. The number of aryl methyl sites for hydroxylation is 1. The van der Waals surface area contributed by atoms with Gasteiger partial charge in [0.15, 0.2) is 0 Å². The predicted molar refractivity (Wildman–Crippen MR) is 161 cm³/mol. The molecule has 2 aromatic heterocycles. The molecule has 0 unspecified atom stereocenters. The van der Waals surface area contributed by atoms with Gasteiger partial charge in [-0.15, -0.1) is 0 Å². The van der Waals surface area contributed by atoms with E-state index >= 15 is 0 Å². The van der Waals surface area contributed by atoms with Crippen molar-refractivity contribution in [2.45, 2.75) is 47.6 Å². The number of aromatic nitrogens is 2. The highest BCUT2D eigenvalue weighted by molar-refractivity contribution is 5.99. The first kappa shape index (κ1) is 27.8. The Hall–Kier alpha value is -4.19. The van der Waals surface area contributed by atoms with Crippen LogP contribution in [0.5, 0.6) is 5.75 Å². The number of benzene rings is 2. The van der Waals surface area contributed by atoms with Gasteiger partial charge in [-0.1, -0.05) is 45.0 Å². The monoisotopic (exact) mass is 522 g/mol.